The molecule has 1 aliphatic heterocycles. The van der Waals surface area contributed by atoms with Gasteiger partial charge in [-0.1, -0.05) is 11.6 Å². The fourth-order valence-electron chi connectivity index (χ4n) is 3.00. The molecular weight excluding hydrogens is 325 g/mol. The Morgan fingerprint density at radius 1 is 1.43 bits per heavy atom. The molecule has 0 aliphatic carbocycles. The molecule has 2 rings (SSSR count). The van der Waals surface area contributed by atoms with Crippen molar-refractivity contribution in [3.63, 3.8) is 0 Å². The minimum Gasteiger partial charge on any atom is -0.495 e. The highest BCUT2D eigenvalue weighted by Gasteiger charge is 2.31. The molecule has 23 heavy (non-hydrogen) atoms. The summed E-state index contributed by atoms with van der Waals surface area (Å²) in [6.45, 7) is 1.83. The summed E-state index contributed by atoms with van der Waals surface area (Å²) in [5.74, 6) is -0.862. The second-order valence-electron chi connectivity index (χ2n) is 5.69. The van der Waals surface area contributed by atoms with E-state index in [-0.39, 0.29) is 16.8 Å². The Balaban J connectivity index is 1.98. The number of likely N-dealkylation sites (tertiary alicyclic amines) is 1. The van der Waals surface area contributed by atoms with E-state index < -0.39 is 12.1 Å². The van der Waals surface area contributed by atoms with Crippen LogP contribution in [0, 0.1) is 11.7 Å². The highest BCUT2D eigenvalue weighted by atomic mass is 35.5. The van der Waals surface area contributed by atoms with Crippen molar-refractivity contribution < 1.29 is 23.8 Å². The van der Waals surface area contributed by atoms with Gasteiger partial charge in [-0.2, -0.15) is 0 Å². The first-order chi connectivity index (χ1) is 11.0. The molecule has 1 aromatic rings. The second kappa shape index (κ2) is 7.95. The Labute approximate surface area is 139 Å². The molecule has 0 saturated carbocycles. The van der Waals surface area contributed by atoms with Gasteiger partial charge in [0, 0.05) is 19.2 Å². The van der Waals surface area contributed by atoms with Crippen molar-refractivity contribution in [3.05, 3.63) is 28.5 Å². The molecule has 7 heteroatoms. The lowest BCUT2D eigenvalue weighted by atomic mass is 9.91. The summed E-state index contributed by atoms with van der Waals surface area (Å²) in [6, 6.07) is 2.87. The summed E-state index contributed by atoms with van der Waals surface area (Å²) < 4.78 is 24.2. The maximum absolute atomic E-state index is 14.0. The number of carbonyl (C=O) groups is 1. The Morgan fingerprint density at radius 3 is 2.61 bits per heavy atom. The van der Waals surface area contributed by atoms with Gasteiger partial charge in [-0.15, -0.1) is 0 Å². The minimum atomic E-state index is -0.931. The van der Waals surface area contributed by atoms with Crippen molar-refractivity contribution in [3.8, 4) is 5.75 Å². The zero-order chi connectivity index (χ0) is 17.0. The Hall–Kier alpha value is -1.37. The molecule has 0 bridgehead atoms. The van der Waals surface area contributed by atoms with Crippen LogP contribution in [0.5, 0.6) is 5.75 Å². The van der Waals surface area contributed by atoms with Crippen LogP contribution in [0.3, 0.4) is 0 Å². The molecule has 1 unspecified atom stereocenters. The maximum Gasteiger partial charge on any atom is 0.333 e. The predicted octanol–water partition coefficient (Wildman–Crippen LogP) is 2.80. The maximum atomic E-state index is 14.0. The average Bonchev–Trinajstić information content (AvgIpc) is 2.52. The molecule has 0 amide bonds. The number of rotatable bonds is 6. The summed E-state index contributed by atoms with van der Waals surface area (Å²) in [5, 5.41) is 9.38. The van der Waals surface area contributed by atoms with Gasteiger partial charge in [-0.05, 0) is 44.0 Å². The molecule has 1 heterocycles. The van der Waals surface area contributed by atoms with Crippen LogP contribution in [-0.4, -0.2) is 49.4 Å². The van der Waals surface area contributed by atoms with Crippen molar-refractivity contribution >= 4 is 17.6 Å². The zero-order valence-corrected chi connectivity index (χ0v) is 14.0. The van der Waals surface area contributed by atoms with Crippen molar-refractivity contribution in [1.82, 2.24) is 4.90 Å². The van der Waals surface area contributed by atoms with Gasteiger partial charge in [-0.25, -0.2) is 9.18 Å². The van der Waals surface area contributed by atoms with Gasteiger partial charge in [-0.3, -0.25) is 4.90 Å². The molecule has 1 N–H and O–H groups in total. The monoisotopic (exact) mass is 345 g/mol. The van der Waals surface area contributed by atoms with Crippen LogP contribution < -0.4 is 4.74 Å². The van der Waals surface area contributed by atoms with Crippen molar-refractivity contribution in [2.45, 2.75) is 25.5 Å². The molecule has 1 fully saturated rings. The lowest BCUT2D eigenvalue weighted by Gasteiger charge is -2.34. The van der Waals surface area contributed by atoms with Crippen LogP contribution in [-0.2, 0) is 16.1 Å². The van der Waals surface area contributed by atoms with E-state index >= 15 is 0 Å². The van der Waals surface area contributed by atoms with Gasteiger partial charge in [0.25, 0.3) is 0 Å². The molecule has 0 radical (unpaired) electrons. The zero-order valence-electron chi connectivity index (χ0n) is 13.2. The molecule has 0 aromatic heterocycles. The van der Waals surface area contributed by atoms with Gasteiger partial charge >= 0.3 is 5.97 Å². The first-order valence-corrected chi connectivity index (χ1v) is 7.84. The summed E-state index contributed by atoms with van der Waals surface area (Å²) >= 11 is 5.90. The molecule has 1 aromatic carbocycles. The van der Waals surface area contributed by atoms with Crippen LogP contribution in [0.15, 0.2) is 12.1 Å². The van der Waals surface area contributed by atoms with E-state index in [9.17, 15) is 9.18 Å². The second-order valence-corrected chi connectivity index (χ2v) is 6.09. The highest BCUT2D eigenvalue weighted by molar-refractivity contribution is 6.32. The first-order valence-electron chi connectivity index (χ1n) is 7.46. The summed E-state index contributed by atoms with van der Waals surface area (Å²) in [4.78, 5) is 13.2. The number of methoxy groups -OCH3 is 2. The number of piperidine rings is 1. The van der Waals surface area contributed by atoms with E-state index in [1.165, 1.54) is 20.3 Å². The molecule has 1 atom stereocenters. The van der Waals surface area contributed by atoms with Crippen molar-refractivity contribution in [2.24, 2.45) is 5.92 Å². The fraction of sp³-hybridized carbons (Fsp3) is 0.562. The number of aliphatic carboxylic acids is 1. The lowest BCUT2D eigenvalue weighted by Crippen LogP contribution is -2.41. The smallest absolute Gasteiger partial charge is 0.333 e. The Bertz CT molecular complexity index is 561. The minimum absolute atomic E-state index is 0.0154. The van der Waals surface area contributed by atoms with E-state index in [1.807, 2.05) is 0 Å². The third kappa shape index (κ3) is 4.34. The van der Waals surface area contributed by atoms with E-state index in [1.54, 1.807) is 6.07 Å². The molecule has 5 nitrogen and oxygen atoms in total. The van der Waals surface area contributed by atoms with E-state index in [0.29, 0.717) is 43.8 Å². The normalized spacial score (nSPS) is 17.9. The number of halogens is 2. The third-order valence-electron chi connectivity index (χ3n) is 4.27. The molecule has 1 aliphatic rings. The summed E-state index contributed by atoms with van der Waals surface area (Å²) in [7, 11) is 2.91. The van der Waals surface area contributed by atoms with E-state index in [2.05, 4.69) is 4.90 Å². The predicted molar refractivity (Wildman–Crippen MR) is 84.4 cm³/mol. The molecule has 128 valence electrons. The summed E-state index contributed by atoms with van der Waals surface area (Å²) in [6.07, 6.45) is 0.637. The number of ether oxygens (including phenoxy) is 2. The number of hydrogen-bond donors (Lipinski definition) is 1. The standard InChI is InChI=1S/C16H21ClFNO4/c1-22-14-7-11(13(18)8-12(14)17)9-19-5-3-10(4-6-19)15(23-2)16(20)21/h7-8,10,15H,3-6,9H2,1-2H3,(H,20,21). The third-order valence-corrected chi connectivity index (χ3v) is 4.57. The van der Waals surface area contributed by atoms with Crippen LogP contribution in [0.2, 0.25) is 5.02 Å². The molecular formula is C16H21ClFNO4. The van der Waals surface area contributed by atoms with E-state index in [4.69, 9.17) is 26.2 Å². The van der Waals surface area contributed by atoms with Gasteiger partial charge in [0.05, 0.1) is 12.1 Å². The quantitative estimate of drug-likeness (QED) is 0.859. The van der Waals surface area contributed by atoms with Crippen molar-refractivity contribution in [1.29, 1.82) is 0 Å². The fourth-order valence-corrected chi connectivity index (χ4v) is 3.23. The largest absolute Gasteiger partial charge is 0.495 e. The molecule has 0 spiro atoms. The number of hydrogen-bond acceptors (Lipinski definition) is 4. The highest BCUT2D eigenvalue weighted by Crippen LogP contribution is 2.29. The number of carboxylic acid groups (broad SMARTS) is 1. The van der Waals surface area contributed by atoms with Crippen LogP contribution in [0.25, 0.3) is 0 Å². The average molecular weight is 346 g/mol. The Kier molecular flexibility index (Phi) is 6.21. The topological polar surface area (TPSA) is 59.0 Å². The van der Waals surface area contributed by atoms with Gasteiger partial charge < -0.3 is 14.6 Å². The van der Waals surface area contributed by atoms with Crippen LogP contribution in [0.4, 0.5) is 4.39 Å². The van der Waals surface area contributed by atoms with Gasteiger partial charge in [0.2, 0.25) is 0 Å². The number of nitrogens with zero attached hydrogens (tertiary/aromatic N) is 1. The van der Waals surface area contributed by atoms with E-state index in [0.717, 1.165) is 0 Å². The molecule has 1 saturated heterocycles. The van der Waals surface area contributed by atoms with Crippen LogP contribution >= 0.6 is 11.6 Å². The SMILES string of the molecule is COc1cc(CN2CCC(C(OC)C(=O)O)CC2)c(F)cc1Cl. The van der Waals surface area contributed by atoms with Crippen molar-refractivity contribution in [2.75, 3.05) is 27.3 Å². The number of carboxylic acids is 1. The van der Waals surface area contributed by atoms with Gasteiger partial charge in [0.15, 0.2) is 6.10 Å². The van der Waals surface area contributed by atoms with Crippen LogP contribution in [0.1, 0.15) is 18.4 Å². The lowest BCUT2D eigenvalue weighted by molar-refractivity contribution is -0.153. The Morgan fingerprint density at radius 2 is 2.09 bits per heavy atom. The first kappa shape index (κ1) is 18.0. The number of benzene rings is 1. The van der Waals surface area contributed by atoms with Gasteiger partial charge in [0.1, 0.15) is 11.6 Å². The summed E-state index contributed by atoms with van der Waals surface area (Å²) in [5.41, 5.74) is 0.520.